The molecule has 0 aliphatic carbocycles. The van der Waals surface area contributed by atoms with Gasteiger partial charge in [-0.25, -0.2) is 4.79 Å². The minimum atomic E-state index is -0.566. The van der Waals surface area contributed by atoms with Crippen molar-refractivity contribution in [1.29, 1.82) is 0 Å². The molecule has 0 aliphatic rings. The summed E-state index contributed by atoms with van der Waals surface area (Å²) in [5.41, 5.74) is 0. The van der Waals surface area contributed by atoms with Crippen molar-refractivity contribution in [3.05, 3.63) is 0 Å². The molecule has 1 N–H and O–H groups in total. The van der Waals surface area contributed by atoms with Gasteiger partial charge in [-0.05, 0) is 17.8 Å². The first-order valence-corrected chi connectivity index (χ1v) is 4.93. The van der Waals surface area contributed by atoms with Gasteiger partial charge in [0.2, 0.25) is 6.29 Å². The Kier molecular flexibility index (Phi) is 7.83. The molecule has 1 amide bonds. The van der Waals surface area contributed by atoms with Crippen molar-refractivity contribution >= 4 is 28.7 Å². The lowest BCUT2D eigenvalue weighted by Crippen LogP contribution is -2.28. The molecule has 0 heterocycles. The van der Waals surface area contributed by atoms with E-state index in [0.717, 1.165) is 0 Å². The lowest BCUT2D eigenvalue weighted by Gasteiger charge is -2.11. The Morgan fingerprint density at radius 1 is 1.69 bits per heavy atom. The van der Waals surface area contributed by atoms with Crippen molar-refractivity contribution in [2.45, 2.75) is 20.1 Å². The zero-order valence-electron chi connectivity index (χ0n) is 7.59. The fraction of sp³-hybridized carbons (Fsp3) is 0.625. The van der Waals surface area contributed by atoms with Gasteiger partial charge < -0.3 is 14.8 Å². The second-order valence-corrected chi connectivity index (χ2v) is 2.62. The molecule has 0 radical (unpaired) electrons. The summed E-state index contributed by atoms with van der Waals surface area (Å²) in [4.78, 5) is 10.8. The molecule has 74 valence electrons. The van der Waals surface area contributed by atoms with Crippen molar-refractivity contribution in [2.75, 3.05) is 13.2 Å². The van der Waals surface area contributed by atoms with E-state index in [9.17, 15) is 4.79 Å². The van der Waals surface area contributed by atoms with Crippen LogP contribution in [0.25, 0.3) is 0 Å². The lowest BCUT2D eigenvalue weighted by atomic mass is 10.7. The molecule has 0 saturated carbocycles. The van der Waals surface area contributed by atoms with E-state index in [1.165, 1.54) is 0 Å². The van der Waals surface area contributed by atoms with E-state index in [4.69, 9.17) is 9.47 Å². The number of carbonyl (C=O) groups is 1. The van der Waals surface area contributed by atoms with Crippen molar-refractivity contribution in [1.82, 2.24) is 5.32 Å². The third-order valence-electron chi connectivity index (χ3n) is 1.05. The highest BCUT2D eigenvalue weighted by atomic mass is 127. The summed E-state index contributed by atoms with van der Waals surface area (Å²) in [5.74, 6) is 2.69. The van der Waals surface area contributed by atoms with Gasteiger partial charge >= 0.3 is 6.09 Å². The van der Waals surface area contributed by atoms with Crippen LogP contribution in [0.5, 0.6) is 0 Å². The summed E-state index contributed by atoms with van der Waals surface area (Å²) in [6.45, 7) is 4.26. The highest BCUT2D eigenvalue weighted by Gasteiger charge is 2.06. The van der Waals surface area contributed by atoms with Crippen LogP contribution in [0.1, 0.15) is 13.8 Å². The first-order valence-electron chi connectivity index (χ1n) is 3.85. The van der Waals surface area contributed by atoms with E-state index in [2.05, 4.69) is 15.2 Å². The maximum absolute atomic E-state index is 10.8. The van der Waals surface area contributed by atoms with Crippen LogP contribution in [-0.2, 0) is 9.47 Å². The Morgan fingerprint density at radius 3 is 2.92 bits per heavy atom. The van der Waals surface area contributed by atoms with Gasteiger partial charge in [0.25, 0.3) is 0 Å². The lowest BCUT2D eigenvalue weighted by molar-refractivity contribution is -0.0793. The summed E-state index contributed by atoms with van der Waals surface area (Å²) in [7, 11) is 0. The Bertz CT molecular complexity index is 209. The molecule has 0 spiro atoms. The molecule has 1 unspecified atom stereocenters. The number of alkyl carbamates (subject to hydrolysis) is 1. The van der Waals surface area contributed by atoms with E-state index in [1.54, 1.807) is 6.92 Å². The SMILES string of the molecule is CCNC(=O)OC(C)OCC#CI. The monoisotopic (exact) mass is 297 g/mol. The van der Waals surface area contributed by atoms with Crippen LogP contribution in [0.2, 0.25) is 0 Å². The van der Waals surface area contributed by atoms with Crippen molar-refractivity contribution in [2.24, 2.45) is 0 Å². The molecule has 0 aromatic carbocycles. The van der Waals surface area contributed by atoms with Gasteiger partial charge in [0, 0.05) is 29.1 Å². The summed E-state index contributed by atoms with van der Waals surface area (Å²) in [6, 6.07) is 0. The van der Waals surface area contributed by atoms with E-state index in [0.29, 0.717) is 6.54 Å². The second kappa shape index (κ2) is 8.13. The van der Waals surface area contributed by atoms with Crippen LogP contribution in [0.4, 0.5) is 4.79 Å². The van der Waals surface area contributed by atoms with Gasteiger partial charge in [0.1, 0.15) is 6.61 Å². The summed E-state index contributed by atoms with van der Waals surface area (Å²) < 4.78 is 12.5. The molecule has 5 heteroatoms. The molecule has 0 fully saturated rings. The van der Waals surface area contributed by atoms with Crippen LogP contribution in [0, 0.1) is 9.85 Å². The molecule has 13 heavy (non-hydrogen) atoms. The average molecular weight is 297 g/mol. The molecule has 0 rings (SSSR count). The van der Waals surface area contributed by atoms with E-state index in [1.807, 2.05) is 29.5 Å². The number of nitrogens with one attached hydrogen (secondary N) is 1. The zero-order chi connectivity index (χ0) is 10.1. The zero-order valence-corrected chi connectivity index (χ0v) is 9.75. The maximum Gasteiger partial charge on any atom is 0.409 e. The van der Waals surface area contributed by atoms with Gasteiger partial charge in [-0.2, -0.15) is 0 Å². The second-order valence-electron chi connectivity index (χ2n) is 2.09. The van der Waals surface area contributed by atoms with Crippen molar-refractivity contribution in [3.63, 3.8) is 0 Å². The average Bonchev–Trinajstić information content (AvgIpc) is 2.05. The Labute approximate surface area is 91.5 Å². The van der Waals surface area contributed by atoms with Gasteiger partial charge in [-0.15, -0.1) is 0 Å². The number of ether oxygens (including phenoxy) is 2. The van der Waals surface area contributed by atoms with Gasteiger partial charge in [0.15, 0.2) is 0 Å². The topological polar surface area (TPSA) is 47.6 Å². The predicted octanol–water partition coefficient (Wildman–Crippen LogP) is 1.49. The maximum atomic E-state index is 10.8. The van der Waals surface area contributed by atoms with Gasteiger partial charge in [-0.3, -0.25) is 0 Å². The summed E-state index contributed by atoms with van der Waals surface area (Å²) in [6.07, 6.45) is -1.04. The first-order chi connectivity index (χ1) is 6.20. The Hall–Kier alpha value is -0.480. The molecule has 1 atom stereocenters. The van der Waals surface area contributed by atoms with E-state index < -0.39 is 12.4 Å². The third-order valence-corrected chi connectivity index (χ3v) is 1.43. The standard InChI is InChI=1S/C8H12INO3/c1-3-10-8(11)13-7(2)12-6-4-5-9/h7H,3,6H2,1-2H3,(H,10,11). The van der Waals surface area contributed by atoms with Crippen LogP contribution in [0.3, 0.4) is 0 Å². The number of hydrogen-bond donors (Lipinski definition) is 1. The number of amides is 1. The van der Waals surface area contributed by atoms with Gasteiger partial charge in [-0.1, -0.05) is 5.92 Å². The highest BCUT2D eigenvalue weighted by Crippen LogP contribution is 1.93. The highest BCUT2D eigenvalue weighted by molar-refractivity contribution is 14.1. The van der Waals surface area contributed by atoms with Crippen molar-refractivity contribution in [3.8, 4) is 9.85 Å². The minimum absolute atomic E-state index is 0.267. The number of hydrogen-bond acceptors (Lipinski definition) is 3. The molecular formula is C8H12INO3. The van der Waals surface area contributed by atoms with Gasteiger partial charge in [0.05, 0.1) is 0 Å². The molecule has 0 bridgehead atoms. The first kappa shape index (κ1) is 12.5. The quantitative estimate of drug-likeness (QED) is 0.486. The fourth-order valence-corrected chi connectivity index (χ4v) is 0.713. The van der Waals surface area contributed by atoms with Crippen LogP contribution in [0.15, 0.2) is 0 Å². The molecule has 0 aromatic heterocycles. The summed E-state index contributed by atoms with van der Waals surface area (Å²) >= 11 is 1.91. The van der Waals surface area contributed by atoms with Crippen LogP contribution < -0.4 is 5.32 Å². The molecular weight excluding hydrogens is 285 g/mol. The molecule has 0 aliphatic heterocycles. The number of rotatable bonds is 4. The van der Waals surface area contributed by atoms with E-state index >= 15 is 0 Å². The Balaban J connectivity index is 3.53. The number of halogens is 1. The van der Waals surface area contributed by atoms with Crippen LogP contribution in [-0.4, -0.2) is 25.5 Å². The van der Waals surface area contributed by atoms with Crippen LogP contribution >= 0.6 is 22.6 Å². The largest absolute Gasteiger partial charge is 0.420 e. The molecule has 4 nitrogen and oxygen atoms in total. The molecule has 0 saturated heterocycles. The fourth-order valence-electron chi connectivity index (χ4n) is 0.557. The predicted molar refractivity (Wildman–Crippen MR) is 57.4 cm³/mol. The smallest absolute Gasteiger partial charge is 0.409 e. The minimum Gasteiger partial charge on any atom is -0.420 e. The normalized spacial score (nSPS) is 11.0. The van der Waals surface area contributed by atoms with Crippen molar-refractivity contribution < 1.29 is 14.3 Å². The van der Waals surface area contributed by atoms with E-state index in [-0.39, 0.29) is 6.61 Å². The Morgan fingerprint density at radius 2 is 2.38 bits per heavy atom. The number of carbonyl (C=O) groups excluding carboxylic acids is 1. The molecule has 0 aromatic rings. The third kappa shape index (κ3) is 7.87. The summed E-state index contributed by atoms with van der Waals surface area (Å²) in [5, 5.41) is 2.49.